The van der Waals surface area contributed by atoms with Gasteiger partial charge in [0.15, 0.2) is 5.82 Å². The summed E-state index contributed by atoms with van der Waals surface area (Å²) in [6.45, 7) is 0. The summed E-state index contributed by atoms with van der Waals surface area (Å²) < 4.78 is 5.05. The molecule has 0 saturated carbocycles. The van der Waals surface area contributed by atoms with Gasteiger partial charge in [0.25, 0.3) is 0 Å². The number of hydroxylamine groups is 1. The summed E-state index contributed by atoms with van der Waals surface area (Å²) in [7, 11) is 1.29. The molecule has 1 rings (SSSR count). The van der Waals surface area contributed by atoms with Crippen LogP contribution < -0.4 is 5.48 Å². The predicted octanol–water partition coefficient (Wildman–Crippen LogP) is 1.27. The molecular weight excluding hydrogens is 266 g/mol. The van der Waals surface area contributed by atoms with Crippen molar-refractivity contribution in [3.8, 4) is 0 Å². The van der Waals surface area contributed by atoms with Gasteiger partial charge >= 0.3 is 5.97 Å². The Morgan fingerprint density at radius 3 is 3.07 bits per heavy atom. The maximum absolute atomic E-state index is 11.1. The topological polar surface area (TPSA) is 83.8 Å². The lowest BCUT2D eigenvalue weighted by Gasteiger charge is -2.01. The monoisotopic (exact) mass is 273 g/mol. The van der Waals surface area contributed by atoms with Crippen LogP contribution in [0.25, 0.3) is 0 Å². The van der Waals surface area contributed by atoms with Crippen molar-refractivity contribution in [2.24, 2.45) is 4.99 Å². The van der Waals surface area contributed by atoms with Gasteiger partial charge in [-0.2, -0.15) is 0 Å². The summed E-state index contributed by atoms with van der Waals surface area (Å²) in [6, 6.07) is 1.53. The zero-order valence-corrected chi connectivity index (χ0v) is 9.35. The third-order valence-electron chi connectivity index (χ3n) is 1.49. The summed E-state index contributed by atoms with van der Waals surface area (Å²) in [5, 5.41) is 8.28. The Bertz CT molecular complexity index is 395. The van der Waals surface area contributed by atoms with Gasteiger partial charge in [-0.05, 0) is 22.0 Å². The van der Waals surface area contributed by atoms with Crippen LogP contribution in [-0.2, 0) is 4.74 Å². The summed E-state index contributed by atoms with van der Waals surface area (Å²) in [4.78, 5) is 18.8. The van der Waals surface area contributed by atoms with Crippen LogP contribution >= 0.6 is 15.9 Å². The van der Waals surface area contributed by atoms with E-state index in [1.54, 1.807) is 5.48 Å². The largest absolute Gasteiger partial charge is 0.465 e. The van der Waals surface area contributed by atoms with Gasteiger partial charge in [-0.25, -0.2) is 14.8 Å². The molecule has 0 aromatic carbocycles. The number of pyridine rings is 1. The molecule has 80 valence electrons. The van der Waals surface area contributed by atoms with E-state index in [1.807, 2.05) is 0 Å². The molecule has 0 radical (unpaired) electrons. The highest BCUT2D eigenvalue weighted by atomic mass is 79.9. The second kappa shape index (κ2) is 5.42. The van der Waals surface area contributed by atoms with E-state index in [2.05, 4.69) is 30.6 Å². The first-order valence-electron chi connectivity index (χ1n) is 3.85. The van der Waals surface area contributed by atoms with E-state index in [-0.39, 0.29) is 0 Å². The molecule has 0 bridgehead atoms. The van der Waals surface area contributed by atoms with Crippen LogP contribution in [0.1, 0.15) is 10.4 Å². The SMILES string of the molecule is COC(=O)c1cnc(N=CNO)c(Br)c1. The lowest BCUT2D eigenvalue weighted by molar-refractivity contribution is 0.0600. The second-order valence-corrected chi connectivity index (χ2v) is 3.26. The third-order valence-corrected chi connectivity index (χ3v) is 2.07. The smallest absolute Gasteiger partial charge is 0.339 e. The van der Waals surface area contributed by atoms with Crippen LogP contribution in [-0.4, -0.2) is 29.6 Å². The van der Waals surface area contributed by atoms with Crippen molar-refractivity contribution in [3.05, 3.63) is 22.3 Å². The predicted molar refractivity (Wildman–Crippen MR) is 56.4 cm³/mol. The molecule has 1 aromatic heterocycles. The molecule has 0 unspecified atom stereocenters. The van der Waals surface area contributed by atoms with Gasteiger partial charge in [-0.1, -0.05) is 0 Å². The van der Waals surface area contributed by atoms with E-state index in [9.17, 15) is 4.79 Å². The first kappa shape index (κ1) is 11.6. The van der Waals surface area contributed by atoms with Crippen LogP contribution in [0.2, 0.25) is 0 Å². The molecule has 2 N–H and O–H groups in total. The molecule has 0 fully saturated rings. The number of nitrogens with zero attached hydrogens (tertiary/aromatic N) is 2. The first-order chi connectivity index (χ1) is 7.19. The Balaban J connectivity index is 2.98. The Hall–Kier alpha value is -1.47. The molecule has 0 amide bonds. The molecule has 15 heavy (non-hydrogen) atoms. The number of rotatable bonds is 3. The van der Waals surface area contributed by atoms with Gasteiger partial charge in [-0.3, -0.25) is 10.7 Å². The van der Waals surface area contributed by atoms with Crippen molar-refractivity contribution >= 4 is 34.1 Å². The van der Waals surface area contributed by atoms with Crippen LogP contribution in [0.3, 0.4) is 0 Å². The van der Waals surface area contributed by atoms with E-state index in [0.29, 0.717) is 15.9 Å². The summed E-state index contributed by atoms with van der Waals surface area (Å²) >= 11 is 3.18. The zero-order valence-electron chi connectivity index (χ0n) is 7.77. The maximum Gasteiger partial charge on any atom is 0.339 e. The third kappa shape index (κ3) is 3.00. The second-order valence-electron chi connectivity index (χ2n) is 2.41. The minimum absolute atomic E-state index is 0.320. The number of nitrogens with one attached hydrogen (secondary N) is 1. The summed E-state index contributed by atoms with van der Waals surface area (Å²) in [5.74, 6) is -0.136. The number of halogens is 1. The van der Waals surface area contributed by atoms with Gasteiger partial charge in [0.05, 0.1) is 17.1 Å². The number of hydrogen-bond donors (Lipinski definition) is 2. The van der Waals surface area contributed by atoms with E-state index in [4.69, 9.17) is 5.21 Å². The van der Waals surface area contributed by atoms with E-state index in [1.165, 1.54) is 19.4 Å². The van der Waals surface area contributed by atoms with Crippen LogP contribution in [0, 0.1) is 0 Å². The molecule has 1 heterocycles. The number of esters is 1. The van der Waals surface area contributed by atoms with Crippen molar-refractivity contribution in [2.45, 2.75) is 0 Å². The molecule has 0 aliphatic rings. The van der Waals surface area contributed by atoms with Gasteiger partial charge in [0.2, 0.25) is 0 Å². The summed E-state index contributed by atoms with van der Waals surface area (Å²) in [5.41, 5.74) is 2.07. The maximum atomic E-state index is 11.1. The fraction of sp³-hybridized carbons (Fsp3) is 0.125. The highest BCUT2D eigenvalue weighted by Gasteiger charge is 2.08. The number of hydrogen-bond acceptors (Lipinski definition) is 5. The summed E-state index contributed by atoms with van der Waals surface area (Å²) in [6.07, 6.45) is 2.39. The highest BCUT2D eigenvalue weighted by Crippen LogP contribution is 2.23. The number of carbonyl (C=O) groups is 1. The molecular formula is C8H8BrN3O3. The molecule has 0 atom stereocenters. The zero-order chi connectivity index (χ0) is 11.3. The van der Waals surface area contributed by atoms with E-state index >= 15 is 0 Å². The fourth-order valence-corrected chi connectivity index (χ4v) is 1.30. The number of aromatic nitrogens is 1. The molecule has 0 aliphatic carbocycles. The van der Waals surface area contributed by atoms with Crippen molar-refractivity contribution < 1.29 is 14.7 Å². The van der Waals surface area contributed by atoms with Crippen molar-refractivity contribution in [1.82, 2.24) is 10.5 Å². The lowest BCUT2D eigenvalue weighted by Crippen LogP contribution is -2.03. The van der Waals surface area contributed by atoms with Crippen molar-refractivity contribution in [2.75, 3.05) is 7.11 Å². The molecule has 0 spiro atoms. The Morgan fingerprint density at radius 2 is 2.53 bits per heavy atom. The fourth-order valence-electron chi connectivity index (χ4n) is 0.845. The molecule has 0 aliphatic heterocycles. The van der Waals surface area contributed by atoms with Crippen LogP contribution in [0.4, 0.5) is 5.82 Å². The quantitative estimate of drug-likeness (QED) is 0.375. The van der Waals surface area contributed by atoms with E-state index < -0.39 is 5.97 Å². The number of ether oxygens (including phenoxy) is 1. The van der Waals surface area contributed by atoms with Crippen LogP contribution in [0.5, 0.6) is 0 Å². The van der Waals surface area contributed by atoms with Gasteiger partial charge in [0, 0.05) is 6.20 Å². The average molecular weight is 274 g/mol. The standard InChI is InChI=1S/C8H8BrN3O3/c1-15-8(13)5-2-6(9)7(10-3-5)11-4-12-14/h2-4,14H,1H3,(H,10,11,12). The minimum atomic E-state index is -0.473. The molecule has 0 saturated heterocycles. The van der Waals surface area contributed by atoms with Gasteiger partial charge in [0.1, 0.15) is 6.34 Å². The Kier molecular flexibility index (Phi) is 4.19. The van der Waals surface area contributed by atoms with Gasteiger partial charge in [-0.15, -0.1) is 0 Å². The Morgan fingerprint density at radius 1 is 1.80 bits per heavy atom. The first-order valence-corrected chi connectivity index (χ1v) is 4.64. The molecule has 1 aromatic rings. The number of aliphatic imine (C=N–C) groups is 1. The highest BCUT2D eigenvalue weighted by molar-refractivity contribution is 9.10. The normalized spacial score (nSPS) is 10.3. The Labute approximate surface area is 94.1 Å². The number of carbonyl (C=O) groups excluding carboxylic acids is 1. The van der Waals surface area contributed by atoms with Crippen molar-refractivity contribution in [3.63, 3.8) is 0 Å². The minimum Gasteiger partial charge on any atom is -0.465 e. The number of methoxy groups -OCH3 is 1. The molecule has 6 nitrogen and oxygen atoms in total. The van der Waals surface area contributed by atoms with Crippen LogP contribution in [0.15, 0.2) is 21.7 Å². The van der Waals surface area contributed by atoms with Gasteiger partial charge < -0.3 is 4.74 Å². The molecule has 7 heteroatoms. The average Bonchev–Trinajstić information content (AvgIpc) is 2.26. The van der Waals surface area contributed by atoms with E-state index in [0.717, 1.165) is 6.34 Å². The van der Waals surface area contributed by atoms with Crippen molar-refractivity contribution in [1.29, 1.82) is 0 Å². The lowest BCUT2D eigenvalue weighted by atomic mass is 10.3.